The number of hydrogen-bond acceptors (Lipinski definition) is 3. The van der Waals surface area contributed by atoms with Gasteiger partial charge in [-0.05, 0) is 37.4 Å². The number of para-hydroxylation sites is 1. The number of halogens is 1. The molecule has 6 heteroatoms. The van der Waals surface area contributed by atoms with Crippen LogP contribution in [-0.4, -0.2) is 37.5 Å². The number of nitrogens with one attached hydrogen (secondary N) is 2. The van der Waals surface area contributed by atoms with Gasteiger partial charge in [-0.1, -0.05) is 18.2 Å². The Balaban J connectivity index is 0.00000192. The summed E-state index contributed by atoms with van der Waals surface area (Å²) in [7, 11) is 0. The first-order valence-electron chi connectivity index (χ1n) is 8.12. The maximum Gasteiger partial charge on any atom is 0.227 e. The standard InChI is InChI=1S/C17H23N3O2.ClH/c21-16(19-14-5-3-10-18-12-14)9-11-20-15-6-2-1-4-13(15)7-8-17(20)22;/h1-2,4,6,14,18H,3,5,7-12H2,(H,19,21);1H/t14-;/m0./s1. The minimum absolute atomic E-state index is 0. The Labute approximate surface area is 143 Å². The highest BCUT2D eigenvalue weighted by atomic mass is 35.5. The third-order valence-corrected chi connectivity index (χ3v) is 4.42. The van der Waals surface area contributed by atoms with E-state index in [0.717, 1.165) is 38.0 Å². The molecule has 1 saturated heterocycles. The number of benzene rings is 1. The fourth-order valence-corrected chi connectivity index (χ4v) is 3.23. The van der Waals surface area contributed by atoms with Crippen molar-refractivity contribution >= 4 is 29.9 Å². The van der Waals surface area contributed by atoms with E-state index < -0.39 is 0 Å². The molecular weight excluding hydrogens is 314 g/mol. The van der Waals surface area contributed by atoms with Crippen molar-refractivity contribution < 1.29 is 9.59 Å². The van der Waals surface area contributed by atoms with Crippen molar-refractivity contribution in [1.29, 1.82) is 0 Å². The van der Waals surface area contributed by atoms with Gasteiger partial charge in [-0.2, -0.15) is 0 Å². The second-order valence-electron chi connectivity index (χ2n) is 6.03. The molecule has 0 aromatic heterocycles. The minimum Gasteiger partial charge on any atom is -0.352 e. The summed E-state index contributed by atoms with van der Waals surface area (Å²) in [4.78, 5) is 26.0. The Bertz CT molecular complexity index is 559. The topological polar surface area (TPSA) is 61.4 Å². The van der Waals surface area contributed by atoms with Crippen LogP contribution in [0.5, 0.6) is 0 Å². The number of fused-ring (bicyclic) bond motifs is 1. The van der Waals surface area contributed by atoms with Crippen LogP contribution < -0.4 is 15.5 Å². The molecule has 1 fully saturated rings. The van der Waals surface area contributed by atoms with Crippen molar-refractivity contribution in [3.63, 3.8) is 0 Å². The highest BCUT2D eigenvalue weighted by Gasteiger charge is 2.24. The Morgan fingerprint density at radius 1 is 1.30 bits per heavy atom. The Morgan fingerprint density at radius 2 is 2.13 bits per heavy atom. The molecule has 2 aliphatic rings. The molecule has 0 spiro atoms. The number of rotatable bonds is 4. The van der Waals surface area contributed by atoms with Crippen LogP contribution in [-0.2, 0) is 16.0 Å². The van der Waals surface area contributed by atoms with Gasteiger partial charge in [0.15, 0.2) is 0 Å². The fraction of sp³-hybridized carbons (Fsp3) is 0.529. The van der Waals surface area contributed by atoms with Gasteiger partial charge in [0.05, 0.1) is 0 Å². The second-order valence-corrected chi connectivity index (χ2v) is 6.03. The third-order valence-electron chi connectivity index (χ3n) is 4.42. The van der Waals surface area contributed by atoms with Gasteiger partial charge >= 0.3 is 0 Å². The van der Waals surface area contributed by atoms with Crippen LogP contribution in [0.2, 0.25) is 0 Å². The summed E-state index contributed by atoms with van der Waals surface area (Å²) in [5, 5.41) is 6.34. The zero-order valence-electron chi connectivity index (χ0n) is 13.2. The lowest BCUT2D eigenvalue weighted by atomic mass is 10.0. The van der Waals surface area contributed by atoms with Crippen LogP contribution in [0.15, 0.2) is 24.3 Å². The molecule has 5 nitrogen and oxygen atoms in total. The van der Waals surface area contributed by atoms with Crippen molar-refractivity contribution in [3.05, 3.63) is 29.8 Å². The second kappa shape index (κ2) is 8.31. The van der Waals surface area contributed by atoms with Crippen LogP contribution in [0, 0.1) is 0 Å². The lowest BCUT2D eigenvalue weighted by molar-refractivity contribution is -0.122. The molecule has 0 unspecified atom stereocenters. The Morgan fingerprint density at radius 3 is 2.91 bits per heavy atom. The Kier molecular flexibility index (Phi) is 6.42. The van der Waals surface area contributed by atoms with Crippen LogP contribution in [0.25, 0.3) is 0 Å². The highest BCUT2D eigenvalue weighted by Crippen LogP contribution is 2.27. The molecule has 0 radical (unpaired) electrons. The van der Waals surface area contributed by atoms with Crippen molar-refractivity contribution in [3.8, 4) is 0 Å². The van der Waals surface area contributed by atoms with Gasteiger partial charge in [-0.15, -0.1) is 12.4 Å². The molecule has 0 bridgehead atoms. The summed E-state index contributed by atoms with van der Waals surface area (Å²) in [6.07, 6.45) is 3.82. The smallest absolute Gasteiger partial charge is 0.227 e. The number of aryl methyl sites for hydroxylation is 1. The van der Waals surface area contributed by atoms with E-state index in [0.29, 0.717) is 19.4 Å². The molecule has 2 heterocycles. The van der Waals surface area contributed by atoms with Gasteiger partial charge in [-0.3, -0.25) is 9.59 Å². The number of carbonyl (C=O) groups excluding carboxylic acids is 2. The van der Waals surface area contributed by atoms with Gasteiger partial charge in [-0.25, -0.2) is 0 Å². The van der Waals surface area contributed by atoms with Crippen molar-refractivity contribution in [2.24, 2.45) is 0 Å². The minimum atomic E-state index is 0. The molecule has 3 rings (SSSR count). The van der Waals surface area contributed by atoms with Crippen LogP contribution in [0.4, 0.5) is 5.69 Å². The number of anilines is 1. The number of hydrogen-bond donors (Lipinski definition) is 2. The van der Waals surface area contributed by atoms with E-state index in [2.05, 4.69) is 16.7 Å². The van der Waals surface area contributed by atoms with Gasteiger partial charge in [0.25, 0.3) is 0 Å². The highest BCUT2D eigenvalue weighted by molar-refractivity contribution is 5.97. The molecule has 126 valence electrons. The quantitative estimate of drug-likeness (QED) is 0.878. The molecule has 23 heavy (non-hydrogen) atoms. The summed E-state index contributed by atoms with van der Waals surface area (Å²) in [6.45, 7) is 2.34. The molecule has 0 aliphatic carbocycles. The first kappa shape index (κ1) is 17.8. The zero-order valence-corrected chi connectivity index (χ0v) is 14.0. The molecular formula is C17H24ClN3O2. The van der Waals surface area contributed by atoms with Crippen molar-refractivity contribution in [2.75, 3.05) is 24.5 Å². The average molecular weight is 338 g/mol. The predicted molar refractivity (Wildman–Crippen MR) is 93.0 cm³/mol. The fourth-order valence-electron chi connectivity index (χ4n) is 3.23. The van der Waals surface area contributed by atoms with Gasteiger partial charge in [0, 0.05) is 37.7 Å². The van der Waals surface area contributed by atoms with E-state index in [9.17, 15) is 9.59 Å². The number of carbonyl (C=O) groups is 2. The summed E-state index contributed by atoms with van der Waals surface area (Å²) < 4.78 is 0. The summed E-state index contributed by atoms with van der Waals surface area (Å²) in [5.74, 6) is 0.149. The van der Waals surface area contributed by atoms with Crippen LogP contribution in [0.3, 0.4) is 0 Å². The summed E-state index contributed by atoms with van der Waals surface area (Å²) in [5.41, 5.74) is 2.16. The lowest BCUT2D eigenvalue weighted by Gasteiger charge is -2.29. The molecule has 0 saturated carbocycles. The Hall–Kier alpha value is -1.59. The normalized spacial score (nSPS) is 20.4. The molecule has 2 aliphatic heterocycles. The van der Waals surface area contributed by atoms with E-state index in [1.165, 1.54) is 5.56 Å². The van der Waals surface area contributed by atoms with E-state index in [1.807, 2.05) is 18.2 Å². The number of piperidine rings is 1. The van der Waals surface area contributed by atoms with Crippen LogP contribution in [0.1, 0.15) is 31.2 Å². The predicted octanol–water partition coefficient (Wildman–Crippen LogP) is 1.65. The first-order valence-corrected chi connectivity index (χ1v) is 8.12. The monoisotopic (exact) mass is 337 g/mol. The average Bonchev–Trinajstić information content (AvgIpc) is 2.55. The van der Waals surface area contributed by atoms with E-state index in [1.54, 1.807) is 4.90 Å². The van der Waals surface area contributed by atoms with E-state index in [4.69, 9.17) is 0 Å². The number of amides is 2. The molecule has 1 atom stereocenters. The van der Waals surface area contributed by atoms with E-state index in [-0.39, 0.29) is 30.3 Å². The third kappa shape index (κ3) is 4.45. The summed E-state index contributed by atoms with van der Waals surface area (Å²) in [6, 6.07) is 8.19. The molecule has 2 amide bonds. The molecule has 1 aromatic carbocycles. The zero-order chi connectivity index (χ0) is 15.4. The van der Waals surface area contributed by atoms with Gasteiger partial charge in [0.1, 0.15) is 0 Å². The van der Waals surface area contributed by atoms with Crippen molar-refractivity contribution in [2.45, 2.75) is 38.1 Å². The maximum atomic E-state index is 12.1. The van der Waals surface area contributed by atoms with Crippen molar-refractivity contribution in [1.82, 2.24) is 10.6 Å². The molecule has 1 aromatic rings. The first-order chi connectivity index (χ1) is 10.7. The maximum absolute atomic E-state index is 12.1. The van der Waals surface area contributed by atoms with Crippen LogP contribution >= 0.6 is 12.4 Å². The SMILES string of the molecule is Cl.O=C(CCN1C(=O)CCc2ccccc21)N[C@H]1CCCNC1. The van der Waals surface area contributed by atoms with E-state index >= 15 is 0 Å². The largest absolute Gasteiger partial charge is 0.352 e. The van der Waals surface area contributed by atoms with Gasteiger partial charge in [0.2, 0.25) is 11.8 Å². The lowest BCUT2D eigenvalue weighted by Crippen LogP contribution is -2.46. The number of nitrogens with zero attached hydrogens (tertiary/aromatic N) is 1. The summed E-state index contributed by atoms with van der Waals surface area (Å²) >= 11 is 0. The van der Waals surface area contributed by atoms with Gasteiger partial charge < -0.3 is 15.5 Å². The molecule has 2 N–H and O–H groups in total.